The molecule has 2 N–H and O–H groups in total. The second-order valence-electron chi connectivity index (χ2n) is 6.67. The van der Waals surface area contributed by atoms with Crippen LogP contribution < -0.4 is 10.1 Å². The maximum absolute atomic E-state index is 13.6. The first-order valence-corrected chi connectivity index (χ1v) is 8.60. The predicted molar refractivity (Wildman–Crippen MR) is 97.8 cm³/mol. The second kappa shape index (κ2) is 7.93. The van der Waals surface area contributed by atoms with E-state index in [1.165, 1.54) is 25.3 Å². The number of carbonyl (C=O) groups is 1. The molecule has 0 amide bonds. The number of hydrogen-bond donors (Lipinski definition) is 2. The van der Waals surface area contributed by atoms with Gasteiger partial charge in [0.2, 0.25) is 0 Å². The molecule has 146 valence electrons. The van der Waals surface area contributed by atoms with E-state index in [4.69, 9.17) is 9.26 Å². The Bertz CT molecular complexity index is 826. The zero-order chi connectivity index (χ0) is 19.6. The molecule has 1 aliphatic heterocycles. The predicted octanol–water partition coefficient (Wildman–Crippen LogP) is 1.85. The van der Waals surface area contributed by atoms with Gasteiger partial charge in [-0.1, -0.05) is 5.16 Å². The number of likely N-dealkylation sites (N-methyl/N-ethyl adjacent to an activating group) is 2. The van der Waals surface area contributed by atoms with Crippen molar-refractivity contribution in [3.8, 4) is 17.1 Å². The van der Waals surface area contributed by atoms with Gasteiger partial charge in [0.25, 0.3) is 0 Å². The normalized spacial score (nSPS) is 18.4. The Hall–Kier alpha value is -2.65. The number of aromatic carboxylic acids is 1. The number of rotatable bonds is 6. The van der Waals surface area contributed by atoms with Crippen LogP contribution in [0.15, 0.2) is 22.7 Å². The summed E-state index contributed by atoms with van der Waals surface area (Å²) in [6.45, 7) is 3.33. The average molecular weight is 378 g/mol. The van der Waals surface area contributed by atoms with Crippen LogP contribution >= 0.6 is 0 Å². The highest BCUT2D eigenvalue weighted by molar-refractivity contribution is 5.99. The molecule has 1 fully saturated rings. The Balaban J connectivity index is 1.84. The zero-order valence-electron chi connectivity index (χ0n) is 15.5. The highest BCUT2D eigenvalue weighted by Gasteiger charge is 2.27. The van der Waals surface area contributed by atoms with E-state index in [-0.39, 0.29) is 28.9 Å². The Kier molecular flexibility index (Phi) is 5.62. The van der Waals surface area contributed by atoms with Gasteiger partial charge in [-0.25, -0.2) is 9.18 Å². The van der Waals surface area contributed by atoms with Crippen molar-refractivity contribution in [3.63, 3.8) is 0 Å². The van der Waals surface area contributed by atoms with Crippen LogP contribution in [0.5, 0.6) is 5.75 Å². The van der Waals surface area contributed by atoms with Gasteiger partial charge in [0.05, 0.1) is 7.11 Å². The molecule has 27 heavy (non-hydrogen) atoms. The molecule has 2 aromatic rings. The van der Waals surface area contributed by atoms with Crippen molar-refractivity contribution < 1.29 is 23.6 Å². The molecule has 0 radical (unpaired) electrons. The molecule has 0 bridgehead atoms. The number of nitrogens with one attached hydrogen (secondary N) is 1. The third-order valence-electron chi connectivity index (χ3n) is 4.80. The lowest BCUT2D eigenvalue weighted by Crippen LogP contribution is -2.52. The summed E-state index contributed by atoms with van der Waals surface area (Å²) in [5.74, 6) is -1.51. The van der Waals surface area contributed by atoms with E-state index < -0.39 is 11.8 Å². The molecule has 9 heteroatoms. The van der Waals surface area contributed by atoms with E-state index in [0.29, 0.717) is 12.1 Å². The van der Waals surface area contributed by atoms with Gasteiger partial charge < -0.3 is 24.6 Å². The molecule has 1 aromatic carbocycles. The maximum Gasteiger partial charge on any atom is 0.343 e. The molecule has 1 aromatic heterocycles. The summed E-state index contributed by atoms with van der Waals surface area (Å²) in [6, 6.07) is 4.23. The van der Waals surface area contributed by atoms with Crippen molar-refractivity contribution >= 4 is 11.8 Å². The Morgan fingerprint density at radius 2 is 2.22 bits per heavy atom. The van der Waals surface area contributed by atoms with E-state index in [0.717, 1.165) is 19.6 Å². The summed E-state index contributed by atoms with van der Waals surface area (Å²) in [4.78, 5) is 16.2. The number of carboxylic acid groups (broad SMARTS) is 1. The molecule has 0 aliphatic carbocycles. The van der Waals surface area contributed by atoms with Crippen molar-refractivity contribution in [2.24, 2.45) is 0 Å². The SMILES string of the molecule is COc1cc(-c2onc(NCC3CN(C)CCN3C)c2C(=O)O)ccc1F. The first kappa shape index (κ1) is 19.1. The van der Waals surface area contributed by atoms with Gasteiger partial charge in [0.15, 0.2) is 28.7 Å². The summed E-state index contributed by atoms with van der Waals surface area (Å²) >= 11 is 0. The fraction of sp³-hybridized carbons (Fsp3) is 0.444. The Morgan fingerprint density at radius 1 is 1.44 bits per heavy atom. The van der Waals surface area contributed by atoms with Crippen LogP contribution in [0.2, 0.25) is 0 Å². The van der Waals surface area contributed by atoms with E-state index >= 15 is 0 Å². The third-order valence-corrected chi connectivity index (χ3v) is 4.80. The standard InChI is InChI=1S/C18H23FN4O4/c1-22-6-7-23(2)12(10-22)9-20-17-15(18(24)25)16(27-21-17)11-4-5-13(19)14(8-11)26-3/h4-5,8,12H,6-7,9-10H2,1-3H3,(H,20,21)(H,24,25). The Labute approximate surface area is 156 Å². The molecule has 1 saturated heterocycles. The van der Waals surface area contributed by atoms with Crippen molar-refractivity contribution in [1.82, 2.24) is 15.0 Å². The van der Waals surface area contributed by atoms with Crippen LogP contribution in [-0.2, 0) is 0 Å². The number of hydrogen-bond acceptors (Lipinski definition) is 7. The summed E-state index contributed by atoms with van der Waals surface area (Å²) in [6.07, 6.45) is 0. The molecule has 0 spiro atoms. The lowest BCUT2D eigenvalue weighted by molar-refractivity contribution is 0.0698. The van der Waals surface area contributed by atoms with Crippen LogP contribution in [0.4, 0.5) is 10.2 Å². The molecular weight excluding hydrogens is 355 g/mol. The number of halogens is 1. The smallest absolute Gasteiger partial charge is 0.343 e. The molecule has 1 atom stereocenters. The Morgan fingerprint density at radius 3 is 2.93 bits per heavy atom. The van der Waals surface area contributed by atoms with Crippen LogP contribution in [0.3, 0.4) is 0 Å². The molecule has 1 unspecified atom stereocenters. The van der Waals surface area contributed by atoms with E-state index in [1.54, 1.807) is 0 Å². The third kappa shape index (κ3) is 4.04. The highest BCUT2D eigenvalue weighted by Crippen LogP contribution is 2.32. The minimum absolute atomic E-state index is 0.00150. The first-order chi connectivity index (χ1) is 12.9. The van der Waals surface area contributed by atoms with Crippen molar-refractivity contribution in [2.45, 2.75) is 6.04 Å². The fourth-order valence-electron chi connectivity index (χ4n) is 3.14. The minimum Gasteiger partial charge on any atom is -0.494 e. The van der Waals surface area contributed by atoms with Crippen LogP contribution in [0.1, 0.15) is 10.4 Å². The number of aromatic nitrogens is 1. The number of methoxy groups -OCH3 is 1. The number of anilines is 1. The molecule has 2 heterocycles. The number of carboxylic acids is 1. The molecular formula is C18H23FN4O4. The van der Waals surface area contributed by atoms with Gasteiger partial charge in [-0.15, -0.1) is 0 Å². The average Bonchev–Trinajstić information content (AvgIpc) is 3.07. The van der Waals surface area contributed by atoms with Crippen molar-refractivity contribution in [1.29, 1.82) is 0 Å². The maximum atomic E-state index is 13.6. The summed E-state index contributed by atoms with van der Waals surface area (Å²) in [5, 5.41) is 16.6. The lowest BCUT2D eigenvalue weighted by Gasteiger charge is -2.37. The number of ether oxygens (including phenoxy) is 1. The van der Waals surface area contributed by atoms with Gasteiger partial charge in [-0.3, -0.25) is 4.90 Å². The highest BCUT2D eigenvalue weighted by atomic mass is 19.1. The van der Waals surface area contributed by atoms with E-state index in [2.05, 4.69) is 27.3 Å². The second-order valence-corrected chi connectivity index (χ2v) is 6.67. The largest absolute Gasteiger partial charge is 0.494 e. The summed E-state index contributed by atoms with van der Waals surface area (Å²) in [7, 11) is 5.43. The van der Waals surface area contributed by atoms with Gasteiger partial charge >= 0.3 is 5.97 Å². The number of benzene rings is 1. The lowest BCUT2D eigenvalue weighted by atomic mass is 10.1. The van der Waals surface area contributed by atoms with Gasteiger partial charge in [-0.05, 0) is 32.3 Å². The minimum atomic E-state index is -1.17. The van der Waals surface area contributed by atoms with Crippen molar-refractivity contribution in [2.75, 3.05) is 52.7 Å². The molecule has 3 rings (SSSR count). The number of nitrogens with zero attached hydrogens (tertiary/aromatic N) is 3. The molecule has 0 saturated carbocycles. The summed E-state index contributed by atoms with van der Waals surface area (Å²) in [5.41, 5.74) is 0.288. The van der Waals surface area contributed by atoms with Crippen molar-refractivity contribution in [3.05, 3.63) is 29.6 Å². The zero-order valence-corrected chi connectivity index (χ0v) is 15.5. The first-order valence-electron chi connectivity index (χ1n) is 8.60. The van der Waals surface area contributed by atoms with Crippen LogP contribution in [0.25, 0.3) is 11.3 Å². The van der Waals surface area contributed by atoms with Crippen LogP contribution in [0, 0.1) is 5.82 Å². The van der Waals surface area contributed by atoms with Crippen LogP contribution in [-0.4, -0.2) is 79.5 Å². The molecule has 8 nitrogen and oxygen atoms in total. The van der Waals surface area contributed by atoms with Gasteiger partial charge in [0, 0.05) is 37.8 Å². The number of piperazine rings is 1. The topological polar surface area (TPSA) is 91.1 Å². The van der Waals surface area contributed by atoms with Gasteiger partial charge in [-0.2, -0.15) is 0 Å². The van der Waals surface area contributed by atoms with E-state index in [9.17, 15) is 14.3 Å². The quantitative estimate of drug-likeness (QED) is 0.787. The molecule has 1 aliphatic rings. The summed E-state index contributed by atoms with van der Waals surface area (Å²) < 4.78 is 23.9. The monoisotopic (exact) mass is 378 g/mol. The van der Waals surface area contributed by atoms with Gasteiger partial charge in [0.1, 0.15) is 0 Å². The van der Waals surface area contributed by atoms with E-state index in [1.807, 2.05) is 7.05 Å². The fourth-order valence-corrected chi connectivity index (χ4v) is 3.14.